The van der Waals surface area contributed by atoms with Gasteiger partial charge in [-0.1, -0.05) is 44.9 Å². The van der Waals surface area contributed by atoms with Gasteiger partial charge in [0.1, 0.15) is 0 Å². The van der Waals surface area contributed by atoms with E-state index in [2.05, 4.69) is 6.58 Å². The Labute approximate surface area is 126 Å². The highest BCUT2D eigenvalue weighted by Crippen LogP contribution is 2.38. The molecule has 1 saturated carbocycles. The van der Waals surface area contributed by atoms with Gasteiger partial charge in [-0.3, -0.25) is 0 Å². The normalized spacial score (nSPS) is 26.0. The largest absolute Gasteiger partial charge is 0.370 e. The van der Waals surface area contributed by atoms with Crippen LogP contribution in [0.1, 0.15) is 45.4 Å². The first-order chi connectivity index (χ1) is 9.77. The van der Waals surface area contributed by atoms with Crippen molar-refractivity contribution < 1.29 is 17.2 Å². The van der Waals surface area contributed by atoms with Crippen LogP contribution in [0.4, 0.5) is 8.78 Å². The van der Waals surface area contributed by atoms with E-state index < -0.39 is 25.9 Å². The summed E-state index contributed by atoms with van der Waals surface area (Å²) in [5.41, 5.74) is 4.62. The molecule has 0 spiro atoms. The average molecular weight is 321 g/mol. The Morgan fingerprint density at radius 3 is 2.48 bits per heavy atom. The number of alkyl halides is 2. The highest BCUT2D eigenvalue weighted by atomic mass is 32.2. The molecule has 1 fully saturated rings. The summed E-state index contributed by atoms with van der Waals surface area (Å²) in [6, 6.07) is 0. The zero-order valence-corrected chi connectivity index (χ0v) is 13.3. The van der Waals surface area contributed by atoms with Crippen LogP contribution >= 0.6 is 0 Å². The number of allylic oxidation sites excluding steroid dienone is 1. The van der Waals surface area contributed by atoms with Crippen LogP contribution in [-0.2, 0) is 9.84 Å². The Kier molecular flexibility index (Phi) is 6.53. The maximum absolute atomic E-state index is 14.4. The summed E-state index contributed by atoms with van der Waals surface area (Å²) in [6.07, 6.45) is 5.79. The topological polar surface area (TPSA) is 60.2 Å². The summed E-state index contributed by atoms with van der Waals surface area (Å²) in [6.45, 7) is 5.18. The van der Waals surface area contributed by atoms with Crippen molar-refractivity contribution in [2.75, 3.05) is 6.54 Å². The van der Waals surface area contributed by atoms with Gasteiger partial charge in [-0.25, -0.2) is 8.42 Å². The second-order valence-corrected chi connectivity index (χ2v) is 8.02. The molecule has 2 atom stereocenters. The Hall–Kier alpha value is -0.750. The lowest BCUT2D eigenvalue weighted by atomic mass is 9.92. The van der Waals surface area contributed by atoms with Gasteiger partial charge in [0, 0.05) is 12.1 Å². The van der Waals surface area contributed by atoms with Gasteiger partial charge < -0.3 is 5.73 Å². The summed E-state index contributed by atoms with van der Waals surface area (Å²) in [5, 5.41) is -4.90. The van der Waals surface area contributed by atoms with E-state index in [0.717, 1.165) is 25.0 Å². The molecule has 0 bridgehead atoms. The Bertz CT molecular complexity index is 486. The molecule has 2 unspecified atom stereocenters. The van der Waals surface area contributed by atoms with Crippen molar-refractivity contribution in [2.24, 2.45) is 11.7 Å². The van der Waals surface area contributed by atoms with E-state index in [-0.39, 0.29) is 6.54 Å². The highest BCUT2D eigenvalue weighted by molar-refractivity contribution is 7.93. The van der Waals surface area contributed by atoms with Gasteiger partial charge in [-0.05, 0) is 25.2 Å². The third-order valence-electron chi connectivity index (χ3n) is 4.14. The first-order valence-corrected chi connectivity index (χ1v) is 8.96. The van der Waals surface area contributed by atoms with Gasteiger partial charge in [0.15, 0.2) is 0 Å². The first-order valence-electron chi connectivity index (χ1n) is 7.41. The van der Waals surface area contributed by atoms with E-state index in [1.165, 1.54) is 0 Å². The van der Waals surface area contributed by atoms with Gasteiger partial charge in [0.05, 0.1) is 5.25 Å². The molecule has 0 aromatic heterocycles. The molecule has 0 aromatic rings. The van der Waals surface area contributed by atoms with Crippen molar-refractivity contribution in [3.05, 3.63) is 24.3 Å². The molecule has 1 rings (SSSR count). The van der Waals surface area contributed by atoms with Gasteiger partial charge in [0.25, 0.3) is 0 Å². The number of nitrogens with two attached hydrogens (primary N) is 1. The third-order valence-corrected chi connectivity index (χ3v) is 6.44. The molecule has 21 heavy (non-hydrogen) atoms. The first kappa shape index (κ1) is 18.3. The highest BCUT2D eigenvalue weighted by Gasteiger charge is 2.51. The van der Waals surface area contributed by atoms with Crippen molar-refractivity contribution in [3.63, 3.8) is 0 Å². The van der Waals surface area contributed by atoms with Crippen molar-refractivity contribution in [2.45, 2.75) is 56.0 Å². The number of hydrogen-bond acceptors (Lipinski definition) is 3. The third kappa shape index (κ3) is 4.13. The lowest BCUT2D eigenvalue weighted by molar-refractivity contribution is 0.134. The molecule has 1 aliphatic rings. The number of rotatable bonds is 5. The molecular formula is C15H25F2NO2S. The Morgan fingerprint density at radius 2 is 1.90 bits per heavy atom. The van der Waals surface area contributed by atoms with E-state index in [0.29, 0.717) is 31.6 Å². The predicted molar refractivity (Wildman–Crippen MR) is 81.9 cm³/mol. The number of halogens is 2. The molecule has 2 N–H and O–H groups in total. The van der Waals surface area contributed by atoms with Crippen molar-refractivity contribution >= 4 is 9.84 Å². The van der Waals surface area contributed by atoms with Crippen LogP contribution in [0.3, 0.4) is 0 Å². The lowest BCUT2D eigenvalue weighted by Crippen LogP contribution is -2.39. The summed E-state index contributed by atoms with van der Waals surface area (Å²) in [4.78, 5) is 0. The fraction of sp³-hybridized carbons (Fsp3) is 0.733. The lowest BCUT2D eigenvalue weighted by Gasteiger charge is -2.27. The summed E-state index contributed by atoms with van der Waals surface area (Å²) >= 11 is 0. The summed E-state index contributed by atoms with van der Waals surface area (Å²) in [7, 11) is -4.59. The van der Waals surface area contributed by atoms with Crippen LogP contribution < -0.4 is 5.73 Å². The standard InChI is InChI=1S/C15H25F2NO2S/c1-3-13(10-11-18)15(16,17)21(19,20)14-7-5-4-6-12(2)8-9-14/h3,10,12,14H,1,4-9,11,18H2,2H3/b13-10+. The molecule has 122 valence electrons. The zero-order valence-electron chi connectivity index (χ0n) is 12.5. The van der Waals surface area contributed by atoms with E-state index in [1.54, 1.807) is 0 Å². The second kappa shape index (κ2) is 7.49. The summed E-state index contributed by atoms with van der Waals surface area (Å²) < 4.78 is 53.5. The molecule has 0 aliphatic heterocycles. The van der Waals surface area contributed by atoms with Gasteiger partial charge in [-0.15, -0.1) is 0 Å². The smallest absolute Gasteiger partial charge is 0.327 e. The monoisotopic (exact) mass is 321 g/mol. The predicted octanol–water partition coefficient (Wildman–Crippen LogP) is 3.42. The molecule has 0 saturated heterocycles. The van der Waals surface area contributed by atoms with E-state index in [9.17, 15) is 17.2 Å². The van der Waals surface area contributed by atoms with Crippen molar-refractivity contribution in [1.82, 2.24) is 0 Å². The SMILES string of the molecule is C=C/C(=C\CN)C(F)(F)S(=O)(=O)C1CCCCC(C)CC1. The molecule has 6 heteroatoms. The van der Waals surface area contributed by atoms with Crippen LogP contribution in [0.25, 0.3) is 0 Å². The quantitative estimate of drug-likeness (QED) is 0.789. The van der Waals surface area contributed by atoms with Crippen molar-refractivity contribution in [1.29, 1.82) is 0 Å². The Balaban J connectivity index is 3.06. The van der Waals surface area contributed by atoms with Crippen LogP contribution in [0.5, 0.6) is 0 Å². The van der Waals surface area contributed by atoms with Crippen LogP contribution in [-0.4, -0.2) is 25.5 Å². The van der Waals surface area contributed by atoms with Crippen LogP contribution in [0.2, 0.25) is 0 Å². The van der Waals surface area contributed by atoms with Crippen molar-refractivity contribution in [3.8, 4) is 0 Å². The van der Waals surface area contributed by atoms with Crippen LogP contribution in [0, 0.1) is 5.92 Å². The summed E-state index contributed by atoms with van der Waals surface area (Å²) in [5.74, 6) is 0.384. The minimum atomic E-state index is -4.59. The maximum Gasteiger partial charge on any atom is 0.370 e. The molecule has 0 aromatic carbocycles. The second-order valence-electron chi connectivity index (χ2n) is 5.75. The average Bonchev–Trinajstić information content (AvgIpc) is 2.39. The minimum Gasteiger partial charge on any atom is -0.327 e. The van der Waals surface area contributed by atoms with E-state index in [1.807, 2.05) is 6.92 Å². The zero-order chi connectivity index (χ0) is 16.1. The molecule has 1 aliphatic carbocycles. The minimum absolute atomic E-state index is 0.145. The number of sulfone groups is 1. The fourth-order valence-corrected chi connectivity index (χ4v) is 4.59. The number of hydrogen-bond donors (Lipinski definition) is 1. The molecule has 0 radical (unpaired) electrons. The van der Waals surface area contributed by atoms with E-state index in [4.69, 9.17) is 5.73 Å². The van der Waals surface area contributed by atoms with Gasteiger partial charge in [0.2, 0.25) is 9.84 Å². The molecule has 0 heterocycles. The maximum atomic E-state index is 14.4. The molecule has 3 nitrogen and oxygen atoms in total. The van der Waals surface area contributed by atoms with E-state index >= 15 is 0 Å². The molecule has 0 amide bonds. The molecular weight excluding hydrogens is 296 g/mol. The van der Waals surface area contributed by atoms with Gasteiger partial charge in [-0.2, -0.15) is 8.78 Å². The van der Waals surface area contributed by atoms with Gasteiger partial charge >= 0.3 is 5.25 Å². The van der Waals surface area contributed by atoms with Crippen LogP contribution in [0.15, 0.2) is 24.3 Å². The fourth-order valence-electron chi connectivity index (χ4n) is 2.76. The Morgan fingerprint density at radius 1 is 1.29 bits per heavy atom.